The van der Waals surface area contributed by atoms with Crippen LogP contribution in [0, 0.1) is 0 Å². The lowest BCUT2D eigenvalue weighted by Crippen LogP contribution is -2.28. The van der Waals surface area contributed by atoms with Gasteiger partial charge in [-0.25, -0.2) is 9.97 Å². The SMILES string of the molecule is C1=CCC(c2cc(-c3ccc(-c4cccc5c4Oc4ccc6c(c4O5)-c4ccccc4C6(c4ccccc4)c4ccccc4)cc3)nc(-c3ccc(-c4ccccc4)c4ccccc34)n2)C=C1. The molecule has 0 fully saturated rings. The number of allylic oxidation sites excluding steroid dienone is 4. The number of ether oxygens (including phenoxy) is 2. The predicted octanol–water partition coefficient (Wildman–Crippen LogP) is 16.2. The van der Waals surface area contributed by atoms with Crippen molar-refractivity contribution in [3.63, 3.8) is 0 Å². The van der Waals surface area contributed by atoms with Gasteiger partial charge in [-0.3, -0.25) is 0 Å². The van der Waals surface area contributed by atoms with Crippen molar-refractivity contribution >= 4 is 10.8 Å². The van der Waals surface area contributed by atoms with Crippen molar-refractivity contribution in [1.29, 1.82) is 0 Å². The van der Waals surface area contributed by atoms with Crippen LogP contribution in [0.2, 0.25) is 0 Å². The zero-order valence-corrected chi connectivity index (χ0v) is 36.5. The third-order valence-corrected chi connectivity index (χ3v) is 13.8. The van der Waals surface area contributed by atoms with Gasteiger partial charge >= 0.3 is 0 Å². The van der Waals surface area contributed by atoms with E-state index < -0.39 is 5.41 Å². The summed E-state index contributed by atoms with van der Waals surface area (Å²) in [7, 11) is 0. The number of benzene rings is 9. The molecule has 0 saturated heterocycles. The predicted molar refractivity (Wildman–Crippen MR) is 271 cm³/mol. The largest absolute Gasteiger partial charge is 0.449 e. The molecule has 0 N–H and O–H groups in total. The number of aromatic nitrogens is 2. The topological polar surface area (TPSA) is 44.2 Å². The molecule has 0 spiro atoms. The van der Waals surface area contributed by atoms with E-state index in [1.807, 2.05) is 12.1 Å². The molecule has 0 radical (unpaired) electrons. The summed E-state index contributed by atoms with van der Waals surface area (Å²) in [6.45, 7) is 0. The van der Waals surface area contributed by atoms with Crippen molar-refractivity contribution in [2.75, 3.05) is 0 Å². The second kappa shape index (κ2) is 15.8. The molecule has 10 aromatic rings. The van der Waals surface area contributed by atoms with Crippen molar-refractivity contribution in [2.24, 2.45) is 0 Å². The van der Waals surface area contributed by atoms with Gasteiger partial charge in [0.1, 0.15) is 0 Å². The first-order valence-electron chi connectivity index (χ1n) is 23.0. The molecule has 9 aromatic carbocycles. The monoisotopic (exact) mass is 858 g/mol. The molecule has 1 aromatic heterocycles. The normalized spacial score (nSPS) is 14.9. The summed E-state index contributed by atoms with van der Waals surface area (Å²) in [4.78, 5) is 10.6. The summed E-state index contributed by atoms with van der Waals surface area (Å²) < 4.78 is 14.0. The maximum atomic E-state index is 7.03. The van der Waals surface area contributed by atoms with E-state index in [4.69, 9.17) is 19.4 Å². The van der Waals surface area contributed by atoms with E-state index in [2.05, 4.69) is 224 Å². The Kier molecular flexibility index (Phi) is 9.17. The number of hydrogen-bond acceptors (Lipinski definition) is 4. The van der Waals surface area contributed by atoms with Crippen molar-refractivity contribution in [3.8, 4) is 79.0 Å². The van der Waals surface area contributed by atoms with Crippen LogP contribution in [0.4, 0.5) is 0 Å². The molecule has 1 atom stereocenters. The molecule has 1 unspecified atom stereocenters. The van der Waals surface area contributed by atoms with E-state index in [9.17, 15) is 0 Å². The molecule has 0 saturated carbocycles. The second-order valence-corrected chi connectivity index (χ2v) is 17.5. The number of nitrogens with zero attached hydrogens (tertiary/aromatic N) is 2. The van der Waals surface area contributed by atoms with Crippen LogP contribution >= 0.6 is 0 Å². The minimum absolute atomic E-state index is 0.151. The summed E-state index contributed by atoms with van der Waals surface area (Å²) >= 11 is 0. The summed E-state index contributed by atoms with van der Waals surface area (Å²) in [5.74, 6) is 3.68. The standard InChI is InChI=1S/C63H42N2O2/c1-5-18-41(19-6-1)47-36-37-51(50-27-14-13-26-49(47)50)62-64-55(43-20-7-2-8-21-43)40-56(65-62)44-34-32-42(33-35-44)48-29-17-31-57-60(48)66-58-39-38-54-59(61(58)67-57)52-28-15-16-30-53(52)63(54,45-22-9-3-10-23-45)46-24-11-4-12-25-46/h1-20,22-40,43H,21H2. The molecular formula is C63H42N2O2. The van der Waals surface area contributed by atoms with Gasteiger partial charge in [0.05, 0.1) is 16.8 Å². The maximum absolute atomic E-state index is 7.03. The van der Waals surface area contributed by atoms with Crippen LogP contribution in [0.5, 0.6) is 23.0 Å². The van der Waals surface area contributed by atoms with Gasteiger partial charge in [-0.2, -0.15) is 0 Å². The summed E-state index contributed by atoms with van der Waals surface area (Å²) in [6, 6.07) is 75.2. The Morgan fingerprint density at radius 3 is 1.79 bits per heavy atom. The fourth-order valence-corrected chi connectivity index (χ4v) is 10.7. The molecule has 3 aliphatic rings. The lowest BCUT2D eigenvalue weighted by molar-refractivity contribution is 0.361. The third-order valence-electron chi connectivity index (χ3n) is 13.8. The Morgan fingerprint density at radius 2 is 1.04 bits per heavy atom. The van der Waals surface area contributed by atoms with E-state index in [1.165, 1.54) is 38.8 Å². The van der Waals surface area contributed by atoms with E-state index in [0.717, 1.165) is 68.1 Å². The van der Waals surface area contributed by atoms with Gasteiger partial charge < -0.3 is 9.47 Å². The number of fused-ring (bicyclic) bond motifs is 7. The smallest absolute Gasteiger partial charge is 0.178 e. The van der Waals surface area contributed by atoms with Crippen LogP contribution in [0.15, 0.2) is 237 Å². The first kappa shape index (κ1) is 38.8. The van der Waals surface area contributed by atoms with Gasteiger partial charge in [0, 0.05) is 28.2 Å². The van der Waals surface area contributed by atoms with Crippen LogP contribution in [-0.4, -0.2) is 9.97 Å². The van der Waals surface area contributed by atoms with E-state index in [0.29, 0.717) is 17.2 Å². The number of rotatable bonds is 7. The third kappa shape index (κ3) is 6.29. The molecule has 13 rings (SSSR count). The molecule has 316 valence electrons. The van der Waals surface area contributed by atoms with Gasteiger partial charge in [-0.1, -0.05) is 212 Å². The van der Waals surface area contributed by atoms with E-state index in [1.54, 1.807) is 0 Å². The van der Waals surface area contributed by atoms with E-state index in [-0.39, 0.29) is 5.92 Å². The Balaban J connectivity index is 0.881. The minimum Gasteiger partial charge on any atom is -0.449 e. The van der Waals surface area contributed by atoms with Crippen molar-refractivity contribution in [3.05, 3.63) is 265 Å². The highest BCUT2D eigenvalue weighted by molar-refractivity contribution is 6.04. The van der Waals surface area contributed by atoms with Gasteiger partial charge in [0.15, 0.2) is 28.8 Å². The van der Waals surface area contributed by atoms with Gasteiger partial charge in [0.2, 0.25) is 0 Å². The second-order valence-electron chi connectivity index (χ2n) is 17.5. The highest BCUT2D eigenvalue weighted by Gasteiger charge is 2.48. The maximum Gasteiger partial charge on any atom is 0.178 e. The zero-order chi connectivity index (χ0) is 44.3. The average Bonchev–Trinajstić information content (AvgIpc) is 3.72. The molecule has 4 nitrogen and oxygen atoms in total. The van der Waals surface area contributed by atoms with Crippen molar-refractivity contribution < 1.29 is 9.47 Å². The Morgan fingerprint density at radius 1 is 0.433 bits per heavy atom. The van der Waals surface area contributed by atoms with Gasteiger partial charge in [-0.05, 0) is 86.0 Å². The molecule has 67 heavy (non-hydrogen) atoms. The van der Waals surface area contributed by atoms with Crippen LogP contribution in [-0.2, 0) is 5.41 Å². The Bertz CT molecular complexity index is 3560. The quantitative estimate of drug-likeness (QED) is 0.160. The van der Waals surface area contributed by atoms with Crippen molar-refractivity contribution in [1.82, 2.24) is 9.97 Å². The molecule has 2 aliphatic carbocycles. The van der Waals surface area contributed by atoms with Crippen LogP contribution < -0.4 is 9.47 Å². The number of para-hydroxylation sites is 1. The van der Waals surface area contributed by atoms with Crippen LogP contribution in [0.1, 0.15) is 40.3 Å². The van der Waals surface area contributed by atoms with Crippen molar-refractivity contribution in [2.45, 2.75) is 17.8 Å². The summed E-state index contributed by atoms with van der Waals surface area (Å²) in [6.07, 6.45) is 9.57. The molecule has 2 heterocycles. The first-order valence-corrected chi connectivity index (χ1v) is 23.0. The van der Waals surface area contributed by atoms with Crippen LogP contribution in [0.25, 0.3) is 66.8 Å². The molecular weight excluding hydrogens is 817 g/mol. The highest BCUT2D eigenvalue weighted by Crippen LogP contribution is 2.62. The Hall–Kier alpha value is -8.60. The van der Waals surface area contributed by atoms with E-state index >= 15 is 0 Å². The summed E-state index contributed by atoms with van der Waals surface area (Å²) in [5, 5.41) is 2.30. The number of hydrogen-bond donors (Lipinski definition) is 0. The first-order chi connectivity index (χ1) is 33.2. The lowest BCUT2D eigenvalue weighted by Gasteiger charge is -2.34. The highest BCUT2D eigenvalue weighted by atomic mass is 16.6. The zero-order valence-electron chi connectivity index (χ0n) is 36.5. The fourth-order valence-electron chi connectivity index (χ4n) is 10.7. The molecule has 4 heteroatoms. The van der Waals surface area contributed by atoms with Gasteiger partial charge in [-0.15, -0.1) is 0 Å². The lowest BCUT2D eigenvalue weighted by atomic mass is 9.68. The summed E-state index contributed by atoms with van der Waals surface area (Å²) in [5.41, 5.74) is 14.7. The fraction of sp³-hybridized carbons (Fsp3) is 0.0476. The average molecular weight is 859 g/mol. The van der Waals surface area contributed by atoms with Crippen LogP contribution in [0.3, 0.4) is 0 Å². The molecule has 0 bridgehead atoms. The Labute approximate surface area is 389 Å². The minimum atomic E-state index is -0.535. The molecule has 1 aliphatic heterocycles. The van der Waals surface area contributed by atoms with Gasteiger partial charge in [0.25, 0.3) is 0 Å². The molecule has 0 amide bonds.